The van der Waals surface area contributed by atoms with Crippen molar-refractivity contribution in [1.82, 2.24) is 4.90 Å². The van der Waals surface area contributed by atoms with E-state index in [4.69, 9.17) is 12.9 Å². The minimum absolute atomic E-state index is 0.0316. The van der Waals surface area contributed by atoms with E-state index in [9.17, 15) is 23.9 Å². The molecule has 40 heavy (non-hydrogen) atoms. The SMILES string of the molecule is CC(=O)N(C)c1cc([As](=O)(O)O)ccc1O.Oc1ccc2c3c1O[C@H]1CCC[C@@]4(O)[C@@H](C2)N(CC2CC2)CC[C@]314. The van der Waals surface area contributed by atoms with Gasteiger partial charge in [-0.2, -0.15) is 0 Å². The number of ether oxygens (including phenoxy) is 1. The Bertz CT molecular complexity index is 1410. The van der Waals surface area contributed by atoms with Crippen molar-refractivity contribution in [2.24, 2.45) is 5.92 Å². The predicted octanol–water partition coefficient (Wildman–Crippen LogP) is 1.28. The Balaban J connectivity index is 0.000000159. The Morgan fingerprint density at radius 3 is 2.52 bits per heavy atom. The third-order valence-electron chi connectivity index (χ3n) is 9.79. The standard InChI is InChI=1S/C20H25NO3.C9H12AsNO5/c22-14-6-5-13-10-15-20(23)7-1-2-16-19(20,17(13)18(14)24-16)8-9-21(15)11-12-3-4-12;1-6(12)11(2)8-5-7(10(14,15)16)3-4-9(8)13/h5-6,12,15-16,22-23H,1-4,7-11H2;3-5,13H,1-2H3,(H2,14,15,16)/t15-,16+,19-,20-;/m1./s1. The topological polar surface area (TPSA) is 151 Å². The van der Waals surface area contributed by atoms with Crippen molar-refractivity contribution in [1.29, 1.82) is 0 Å². The molecule has 1 spiro atoms. The minimum Gasteiger partial charge on any atom is -0.504 e. The molecular weight excluding hydrogens is 579 g/mol. The Morgan fingerprint density at radius 1 is 1.12 bits per heavy atom. The molecule has 3 aliphatic carbocycles. The van der Waals surface area contributed by atoms with Gasteiger partial charge in [-0.3, -0.25) is 4.90 Å². The number of rotatable bonds is 4. The number of aliphatic hydroxyl groups is 1. The molecule has 2 aliphatic heterocycles. The number of aromatic hydroxyl groups is 2. The zero-order chi connectivity index (χ0) is 28.6. The summed E-state index contributed by atoms with van der Waals surface area (Å²) in [4.78, 5) is 14.8. The van der Waals surface area contributed by atoms with Crippen LogP contribution in [0, 0.1) is 5.92 Å². The second kappa shape index (κ2) is 9.53. The molecule has 4 atom stereocenters. The molecule has 0 radical (unpaired) electrons. The average Bonchev–Trinajstić information content (AvgIpc) is 3.64. The van der Waals surface area contributed by atoms with E-state index in [2.05, 4.69) is 11.0 Å². The van der Waals surface area contributed by atoms with Crippen LogP contribution in [-0.2, 0) is 20.4 Å². The summed E-state index contributed by atoms with van der Waals surface area (Å²) in [7, 11) is 1.41. The van der Waals surface area contributed by atoms with Crippen molar-refractivity contribution in [3.05, 3.63) is 41.5 Å². The summed E-state index contributed by atoms with van der Waals surface area (Å²) in [5.41, 5.74) is 1.53. The molecule has 2 saturated carbocycles. The van der Waals surface area contributed by atoms with Crippen LogP contribution < -0.4 is 14.0 Å². The zero-order valence-electron chi connectivity index (χ0n) is 22.8. The van der Waals surface area contributed by atoms with Crippen LogP contribution in [-0.4, -0.2) is 86.4 Å². The largest absolute Gasteiger partial charge is 0.504 e. The summed E-state index contributed by atoms with van der Waals surface area (Å²) in [5.74, 6) is 1.22. The number of carbonyl (C=O) groups is 1. The molecule has 2 aromatic rings. The molecule has 5 aliphatic rings. The number of hydrogen-bond acceptors (Lipinski definition) is 7. The third-order valence-corrected chi connectivity index (χ3v) is 11.8. The molecule has 1 saturated heterocycles. The first kappa shape index (κ1) is 27.7. The Morgan fingerprint density at radius 2 is 1.85 bits per heavy atom. The summed E-state index contributed by atoms with van der Waals surface area (Å²) in [6, 6.07) is 7.49. The quantitative estimate of drug-likeness (QED) is 0.320. The van der Waals surface area contributed by atoms with Crippen LogP contribution in [0.15, 0.2) is 30.3 Å². The molecule has 0 aromatic heterocycles. The maximum atomic E-state index is 12.0. The molecule has 3 fully saturated rings. The predicted molar refractivity (Wildman–Crippen MR) is 147 cm³/mol. The smallest absolute Gasteiger partial charge is 0.165 e. The molecule has 2 bridgehead atoms. The third kappa shape index (κ3) is 4.19. The van der Waals surface area contributed by atoms with Crippen molar-refractivity contribution in [2.75, 3.05) is 25.0 Å². The summed E-state index contributed by atoms with van der Waals surface area (Å²) in [6.07, 6.45) is 7.47. The van der Waals surface area contributed by atoms with Gasteiger partial charge in [0.05, 0.1) is 11.0 Å². The Labute approximate surface area is 236 Å². The van der Waals surface area contributed by atoms with Gasteiger partial charge in [0.15, 0.2) is 11.5 Å². The van der Waals surface area contributed by atoms with Crippen LogP contribution in [0.4, 0.5) is 5.69 Å². The van der Waals surface area contributed by atoms with Crippen LogP contribution in [0.1, 0.15) is 56.6 Å². The van der Waals surface area contributed by atoms with Crippen molar-refractivity contribution in [2.45, 2.75) is 75.0 Å². The average molecular weight is 617 g/mol. The van der Waals surface area contributed by atoms with E-state index in [-0.39, 0.29) is 45.0 Å². The van der Waals surface area contributed by atoms with E-state index < -0.39 is 19.8 Å². The number of likely N-dealkylation sites (tertiary alicyclic amines) is 1. The van der Waals surface area contributed by atoms with Gasteiger partial charge in [0.25, 0.3) is 0 Å². The minimum atomic E-state index is -5.00. The number of benzene rings is 2. The molecular formula is C29H37AsN2O8. The number of nitrogens with zero attached hydrogens (tertiary/aromatic N) is 2. The van der Waals surface area contributed by atoms with E-state index >= 15 is 0 Å². The normalized spacial score (nSPS) is 30.0. The van der Waals surface area contributed by atoms with E-state index in [1.807, 2.05) is 0 Å². The van der Waals surface area contributed by atoms with Gasteiger partial charge < -0.3 is 14.9 Å². The second-order valence-electron chi connectivity index (χ2n) is 12.0. The van der Waals surface area contributed by atoms with Gasteiger partial charge in [-0.15, -0.1) is 0 Å². The number of phenols is 2. The molecule has 2 aromatic carbocycles. The van der Waals surface area contributed by atoms with Crippen molar-refractivity contribution < 1.29 is 36.8 Å². The number of piperidine rings is 1. The molecule has 11 heteroatoms. The fraction of sp³-hybridized carbons (Fsp3) is 0.552. The van der Waals surface area contributed by atoms with Gasteiger partial charge in [0.1, 0.15) is 6.10 Å². The van der Waals surface area contributed by atoms with Crippen LogP contribution >= 0.6 is 0 Å². The van der Waals surface area contributed by atoms with E-state index in [1.165, 1.54) is 32.4 Å². The number of phenolic OH excluding ortho intramolecular Hbond substituents is 2. The van der Waals surface area contributed by atoms with Crippen molar-refractivity contribution >= 4 is 30.1 Å². The maximum Gasteiger partial charge on any atom is 0.165 e. The van der Waals surface area contributed by atoms with E-state index in [0.717, 1.165) is 79.8 Å². The number of anilines is 1. The molecule has 0 unspecified atom stereocenters. The fourth-order valence-electron chi connectivity index (χ4n) is 7.61. The monoisotopic (exact) mass is 616 g/mol. The van der Waals surface area contributed by atoms with Gasteiger partial charge in [0, 0.05) is 18.2 Å². The van der Waals surface area contributed by atoms with Gasteiger partial charge in [-0.25, -0.2) is 0 Å². The number of hydrogen-bond donors (Lipinski definition) is 5. The molecule has 2 heterocycles. The van der Waals surface area contributed by atoms with Gasteiger partial charge in [-0.1, -0.05) is 6.07 Å². The van der Waals surface area contributed by atoms with Crippen LogP contribution in [0.25, 0.3) is 0 Å². The van der Waals surface area contributed by atoms with Gasteiger partial charge in [0.2, 0.25) is 0 Å². The summed E-state index contributed by atoms with van der Waals surface area (Å²) < 4.78 is 35.2. The first-order valence-electron chi connectivity index (χ1n) is 14.0. The molecule has 7 rings (SSSR count). The molecule has 1 amide bonds. The van der Waals surface area contributed by atoms with Crippen molar-refractivity contribution in [3.8, 4) is 17.2 Å². The maximum absolute atomic E-state index is 12.0. The van der Waals surface area contributed by atoms with Crippen LogP contribution in [0.3, 0.4) is 0 Å². The molecule has 5 N–H and O–H groups in total. The van der Waals surface area contributed by atoms with E-state index in [0.29, 0.717) is 5.75 Å². The fourth-order valence-corrected chi connectivity index (χ4v) is 8.78. The number of carbonyl (C=O) groups excluding carboxylic acids is 1. The first-order chi connectivity index (χ1) is 18.9. The second-order valence-corrected chi connectivity index (χ2v) is 15.4. The first-order valence-corrected chi connectivity index (χ1v) is 17.4. The summed E-state index contributed by atoms with van der Waals surface area (Å²) >= 11 is -5.00. The molecule has 10 nitrogen and oxygen atoms in total. The van der Waals surface area contributed by atoms with Crippen LogP contribution in [0.5, 0.6) is 17.2 Å². The van der Waals surface area contributed by atoms with Crippen molar-refractivity contribution in [3.63, 3.8) is 0 Å². The summed E-state index contributed by atoms with van der Waals surface area (Å²) in [5, 5.41) is 31.8. The van der Waals surface area contributed by atoms with Gasteiger partial charge in [-0.05, 0) is 69.0 Å². The Hall–Kier alpha value is -2.49. The Kier molecular flexibility index (Phi) is 6.59. The summed E-state index contributed by atoms with van der Waals surface area (Å²) in [6.45, 7) is 3.49. The van der Waals surface area contributed by atoms with Crippen LogP contribution in [0.2, 0.25) is 0 Å². The number of amides is 1. The van der Waals surface area contributed by atoms with Gasteiger partial charge >= 0.3 is 94.8 Å². The van der Waals surface area contributed by atoms with E-state index in [1.54, 1.807) is 6.07 Å². The molecule has 216 valence electrons. The zero-order valence-corrected chi connectivity index (χ0v) is 24.7.